The summed E-state index contributed by atoms with van der Waals surface area (Å²) in [6.07, 6.45) is 1.57. The number of piperidine rings is 1. The molecule has 12 heteroatoms. The van der Waals surface area contributed by atoms with Crippen LogP contribution in [0.25, 0.3) is 10.8 Å². The number of hydrogen-bond acceptors (Lipinski definition) is 5. The van der Waals surface area contributed by atoms with Crippen molar-refractivity contribution < 1.29 is 27.9 Å². The Balaban J connectivity index is 1.45. The fourth-order valence-electron chi connectivity index (χ4n) is 5.75. The molecule has 42 heavy (non-hydrogen) atoms. The maximum atomic E-state index is 14.4. The molecule has 1 saturated heterocycles. The van der Waals surface area contributed by atoms with Gasteiger partial charge in [0.25, 0.3) is 11.8 Å². The highest BCUT2D eigenvalue weighted by atomic mass is 79.9. The van der Waals surface area contributed by atoms with E-state index in [1.54, 1.807) is 31.3 Å². The van der Waals surface area contributed by atoms with E-state index in [-0.39, 0.29) is 28.8 Å². The number of likely N-dealkylation sites (tertiary alicyclic amines) is 1. The number of fused-ring (bicyclic) bond motifs is 1. The Morgan fingerprint density at radius 1 is 1.07 bits per heavy atom. The number of rotatable bonds is 5. The zero-order chi connectivity index (χ0) is 30.2. The summed E-state index contributed by atoms with van der Waals surface area (Å²) in [4.78, 5) is 32.7. The van der Waals surface area contributed by atoms with Crippen LogP contribution in [-0.4, -0.2) is 57.6 Å². The molecule has 1 aromatic heterocycles. The molecule has 1 aliphatic carbocycles. The molecule has 5 rings (SSSR count). The number of carbonyl (C=O) groups excluding carboxylic acids is 2. The average Bonchev–Trinajstić information content (AvgIpc) is 2.93. The summed E-state index contributed by atoms with van der Waals surface area (Å²) in [6, 6.07) is 6.43. The van der Waals surface area contributed by atoms with Gasteiger partial charge in [0, 0.05) is 52.4 Å². The van der Waals surface area contributed by atoms with Gasteiger partial charge in [-0.3, -0.25) is 14.6 Å². The molecule has 2 atom stereocenters. The maximum Gasteiger partial charge on any atom is 0.418 e. The van der Waals surface area contributed by atoms with Gasteiger partial charge in [-0.05, 0) is 62.3 Å². The van der Waals surface area contributed by atoms with Crippen molar-refractivity contribution >= 4 is 55.8 Å². The number of amides is 2. The van der Waals surface area contributed by atoms with Crippen molar-refractivity contribution in [2.75, 3.05) is 18.4 Å². The second kappa shape index (κ2) is 12.0. The van der Waals surface area contributed by atoms with Gasteiger partial charge in [-0.2, -0.15) is 13.2 Å². The molecular weight excluding hydrogens is 637 g/mol. The Morgan fingerprint density at radius 2 is 1.76 bits per heavy atom. The number of pyridine rings is 1. The fraction of sp³-hybridized carbons (Fsp3) is 0.433. The van der Waals surface area contributed by atoms with Crippen LogP contribution in [0.2, 0.25) is 5.02 Å². The lowest BCUT2D eigenvalue weighted by atomic mass is 9.89. The first-order valence-electron chi connectivity index (χ1n) is 13.9. The number of halogens is 5. The molecule has 0 unspecified atom stereocenters. The molecule has 7 nitrogen and oxygen atoms in total. The van der Waals surface area contributed by atoms with Crippen molar-refractivity contribution in [2.24, 2.45) is 0 Å². The predicted octanol–water partition coefficient (Wildman–Crippen LogP) is 6.81. The van der Waals surface area contributed by atoms with E-state index in [0.717, 1.165) is 18.9 Å². The van der Waals surface area contributed by atoms with Crippen molar-refractivity contribution in [2.45, 2.75) is 69.3 Å². The van der Waals surface area contributed by atoms with Crippen LogP contribution in [0.1, 0.15) is 71.7 Å². The topological polar surface area (TPSA) is 94.6 Å². The molecule has 3 aromatic rings. The van der Waals surface area contributed by atoms with E-state index < -0.39 is 41.2 Å². The summed E-state index contributed by atoms with van der Waals surface area (Å²) < 4.78 is 43.2. The minimum atomic E-state index is -4.74. The Labute approximate surface area is 254 Å². The average molecular weight is 668 g/mol. The summed E-state index contributed by atoms with van der Waals surface area (Å²) in [5, 5.41) is 18.2. The van der Waals surface area contributed by atoms with Gasteiger partial charge in [0.2, 0.25) is 0 Å². The van der Waals surface area contributed by atoms with Crippen LogP contribution in [0, 0.1) is 0 Å². The molecule has 0 radical (unpaired) electrons. The molecule has 1 aliphatic heterocycles. The highest BCUT2D eigenvalue weighted by Crippen LogP contribution is 2.41. The number of aliphatic hydroxyl groups is 1. The summed E-state index contributed by atoms with van der Waals surface area (Å²) in [5.41, 5.74) is -1.96. The molecule has 0 spiro atoms. The van der Waals surface area contributed by atoms with Gasteiger partial charge in [0.05, 0.1) is 28.0 Å². The van der Waals surface area contributed by atoms with Gasteiger partial charge in [0.1, 0.15) is 0 Å². The second-order valence-electron chi connectivity index (χ2n) is 11.3. The number of aromatic nitrogens is 1. The number of carbonyl (C=O) groups is 2. The first kappa shape index (κ1) is 30.6. The van der Waals surface area contributed by atoms with E-state index in [9.17, 15) is 27.9 Å². The van der Waals surface area contributed by atoms with Crippen LogP contribution in [0.15, 0.2) is 47.2 Å². The largest absolute Gasteiger partial charge is 0.418 e. The molecule has 2 aliphatic rings. The van der Waals surface area contributed by atoms with Crippen LogP contribution < -0.4 is 10.6 Å². The highest BCUT2D eigenvalue weighted by Gasteiger charge is 2.39. The number of nitrogens with zero attached hydrogens (tertiary/aromatic N) is 2. The Bertz CT molecular complexity index is 1510. The maximum absolute atomic E-state index is 14.4. The molecule has 2 fully saturated rings. The number of hydrogen-bond donors (Lipinski definition) is 3. The standard InChI is InChI=1S/C30H31BrClF3N4O3/c1-29(42)8-10-39(11-9-29)28(41)21-13-18(31)14-23(30(33,34)35)26(21)37-24-4-2-3-5-25(24)38-27(40)22-16-36-15-17-12-19(32)6-7-20(17)22/h6-7,12-16,24-25,37,42H,2-5,8-11H2,1H3,(H,38,40)/t24-,25+/m1/s1. The van der Waals surface area contributed by atoms with Gasteiger partial charge >= 0.3 is 6.18 Å². The molecule has 1 saturated carbocycles. The van der Waals surface area contributed by atoms with Crippen LogP contribution >= 0.6 is 27.5 Å². The van der Waals surface area contributed by atoms with Crippen molar-refractivity contribution in [3.63, 3.8) is 0 Å². The Hall–Kier alpha value is -2.89. The molecule has 2 aromatic carbocycles. The second-order valence-corrected chi connectivity index (χ2v) is 12.7. The van der Waals surface area contributed by atoms with Gasteiger partial charge in [-0.1, -0.05) is 46.4 Å². The first-order valence-corrected chi connectivity index (χ1v) is 15.0. The van der Waals surface area contributed by atoms with Crippen LogP contribution in [0.5, 0.6) is 0 Å². The third-order valence-corrected chi connectivity index (χ3v) is 8.84. The fourth-order valence-corrected chi connectivity index (χ4v) is 6.39. The number of anilines is 1. The zero-order valence-electron chi connectivity index (χ0n) is 22.9. The zero-order valence-corrected chi connectivity index (χ0v) is 25.2. The molecule has 2 amide bonds. The molecule has 2 heterocycles. The minimum Gasteiger partial charge on any atom is -0.390 e. The van der Waals surface area contributed by atoms with Crippen molar-refractivity contribution in [1.29, 1.82) is 0 Å². The predicted molar refractivity (Wildman–Crippen MR) is 159 cm³/mol. The first-order chi connectivity index (χ1) is 19.8. The summed E-state index contributed by atoms with van der Waals surface area (Å²) >= 11 is 9.26. The highest BCUT2D eigenvalue weighted by molar-refractivity contribution is 9.10. The van der Waals surface area contributed by atoms with Gasteiger partial charge in [0.15, 0.2) is 0 Å². The number of nitrogens with one attached hydrogen (secondary N) is 2. The van der Waals surface area contributed by atoms with E-state index in [2.05, 4.69) is 31.5 Å². The molecular formula is C30H31BrClF3N4O3. The van der Waals surface area contributed by atoms with Gasteiger partial charge in [-0.25, -0.2) is 0 Å². The van der Waals surface area contributed by atoms with Gasteiger partial charge in [-0.15, -0.1) is 0 Å². The number of alkyl halides is 3. The molecule has 224 valence electrons. The quantitative estimate of drug-likeness (QED) is 0.278. The Kier molecular flexibility index (Phi) is 8.74. The lowest BCUT2D eigenvalue weighted by Gasteiger charge is -2.37. The number of benzene rings is 2. The lowest BCUT2D eigenvalue weighted by Crippen LogP contribution is -2.49. The van der Waals surface area contributed by atoms with Crippen LogP contribution in [-0.2, 0) is 6.18 Å². The lowest BCUT2D eigenvalue weighted by molar-refractivity contribution is -0.137. The van der Waals surface area contributed by atoms with E-state index in [0.29, 0.717) is 47.0 Å². The third kappa shape index (κ3) is 6.68. The molecule has 3 N–H and O–H groups in total. The molecule has 0 bridgehead atoms. The monoisotopic (exact) mass is 666 g/mol. The summed E-state index contributed by atoms with van der Waals surface area (Å²) in [7, 11) is 0. The van der Waals surface area contributed by atoms with Crippen molar-refractivity contribution in [1.82, 2.24) is 15.2 Å². The summed E-state index contributed by atoms with van der Waals surface area (Å²) in [6.45, 7) is 2.14. The third-order valence-electron chi connectivity index (χ3n) is 8.14. The van der Waals surface area contributed by atoms with Crippen molar-refractivity contribution in [3.8, 4) is 0 Å². The van der Waals surface area contributed by atoms with Gasteiger partial charge < -0.3 is 20.6 Å². The van der Waals surface area contributed by atoms with Crippen LogP contribution in [0.3, 0.4) is 0 Å². The van der Waals surface area contributed by atoms with Crippen molar-refractivity contribution in [3.05, 3.63) is 68.9 Å². The van der Waals surface area contributed by atoms with Crippen LogP contribution in [0.4, 0.5) is 18.9 Å². The van der Waals surface area contributed by atoms with E-state index in [4.69, 9.17) is 11.6 Å². The Morgan fingerprint density at radius 3 is 2.45 bits per heavy atom. The van der Waals surface area contributed by atoms with E-state index in [1.807, 2.05) is 0 Å². The SMILES string of the molecule is CC1(O)CCN(C(=O)c2cc(Br)cc(C(F)(F)F)c2N[C@@H]2CCCC[C@@H]2NC(=O)c2cncc3cc(Cl)ccc23)CC1. The van der Waals surface area contributed by atoms with E-state index in [1.165, 1.54) is 17.2 Å². The summed E-state index contributed by atoms with van der Waals surface area (Å²) in [5.74, 6) is -0.936. The normalized spacial score (nSPS) is 20.8. The van der Waals surface area contributed by atoms with E-state index >= 15 is 0 Å². The smallest absolute Gasteiger partial charge is 0.390 e. The minimum absolute atomic E-state index is 0.107.